The summed E-state index contributed by atoms with van der Waals surface area (Å²) in [7, 11) is 0. The van der Waals surface area contributed by atoms with Crippen LogP contribution in [0.4, 0.5) is 0 Å². The van der Waals surface area contributed by atoms with Crippen LogP contribution in [-0.2, 0) is 6.54 Å². The molecule has 2 radical (unpaired) electrons. The Morgan fingerprint density at radius 2 is 2.54 bits per heavy atom. The van der Waals surface area contributed by atoms with Crippen molar-refractivity contribution in [1.29, 1.82) is 0 Å². The smallest absolute Gasteiger partial charge is 0.129 e. The van der Waals surface area contributed by atoms with Gasteiger partial charge in [0.15, 0.2) is 0 Å². The largest absolute Gasteiger partial charge is 0.279 e. The van der Waals surface area contributed by atoms with E-state index in [4.69, 9.17) is 11.6 Å². The summed E-state index contributed by atoms with van der Waals surface area (Å²) in [5, 5.41) is 0.549. The summed E-state index contributed by atoms with van der Waals surface area (Å²) in [6, 6.07) is 3.82. The molecule has 0 saturated carbocycles. The molecule has 0 spiro atoms. The van der Waals surface area contributed by atoms with E-state index in [0.717, 1.165) is 18.8 Å². The Hall–Kier alpha value is -0.250. The Kier molecular flexibility index (Phi) is 3.09. The standard InChI is InChI=1S/C9H9ClN2S/c10-9-2-1-8(5-11-9)6-12-3-4-13-7-12/h1-2,5H,3-4,6H2. The molecule has 1 aliphatic rings. The van der Waals surface area contributed by atoms with E-state index in [1.54, 1.807) is 11.8 Å². The van der Waals surface area contributed by atoms with Gasteiger partial charge in [-0.3, -0.25) is 4.90 Å². The first-order valence-corrected chi connectivity index (χ1v) is 5.44. The van der Waals surface area contributed by atoms with E-state index in [9.17, 15) is 0 Å². The summed E-state index contributed by atoms with van der Waals surface area (Å²) in [5.41, 5.74) is 1.18. The van der Waals surface area contributed by atoms with Crippen molar-refractivity contribution in [2.45, 2.75) is 6.54 Å². The lowest BCUT2D eigenvalue weighted by molar-refractivity contribution is 0.389. The van der Waals surface area contributed by atoms with Gasteiger partial charge in [0.1, 0.15) is 11.0 Å². The van der Waals surface area contributed by atoms with Crippen molar-refractivity contribution in [1.82, 2.24) is 9.88 Å². The first-order chi connectivity index (χ1) is 6.34. The normalized spacial score (nSPS) is 17.9. The monoisotopic (exact) mass is 212 g/mol. The van der Waals surface area contributed by atoms with Crippen LogP contribution in [0.3, 0.4) is 0 Å². The first kappa shape index (κ1) is 9.31. The SMILES string of the molecule is Clc1ccc(CN2[C]SCC2)cn1. The van der Waals surface area contributed by atoms with E-state index in [1.165, 1.54) is 5.56 Å². The highest BCUT2D eigenvalue weighted by atomic mass is 35.5. The Bertz CT molecular complexity index is 269. The lowest BCUT2D eigenvalue weighted by Gasteiger charge is -2.11. The van der Waals surface area contributed by atoms with Gasteiger partial charge in [0, 0.05) is 25.0 Å². The summed E-state index contributed by atoms with van der Waals surface area (Å²) in [5.74, 6) is 4.35. The molecular formula is C9H9ClN2S. The van der Waals surface area contributed by atoms with Crippen molar-refractivity contribution in [2.75, 3.05) is 12.3 Å². The molecule has 0 aliphatic carbocycles. The molecule has 0 bridgehead atoms. The Balaban J connectivity index is 1.97. The molecule has 4 heteroatoms. The topological polar surface area (TPSA) is 16.1 Å². The minimum atomic E-state index is 0.549. The van der Waals surface area contributed by atoms with Gasteiger partial charge < -0.3 is 0 Å². The van der Waals surface area contributed by atoms with Gasteiger partial charge in [0.05, 0.1) is 0 Å². The van der Waals surface area contributed by atoms with Gasteiger partial charge in [-0.2, -0.15) is 0 Å². The molecule has 0 aromatic carbocycles. The third-order valence-corrected chi connectivity index (χ3v) is 2.82. The van der Waals surface area contributed by atoms with Gasteiger partial charge in [0.25, 0.3) is 0 Å². The molecular weight excluding hydrogens is 204 g/mol. The van der Waals surface area contributed by atoms with E-state index in [-0.39, 0.29) is 0 Å². The number of pyridine rings is 1. The molecule has 1 saturated heterocycles. The van der Waals surface area contributed by atoms with Gasteiger partial charge in [0.2, 0.25) is 0 Å². The minimum Gasteiger partial charge on any atom is -0.279 e. The van der Waals surface area contributed by atoms with E-state index < -0.39 is 0 Å². The molecule has 2 heterocycles. The fraction of sp³-hybridized carbons (Fsp3) is 0.333. The number of hydrogen-bond acceptors (Lipinski definition) is 3. The number of thioether (sulfide) groups is 1. The molecule has 0 N–H and O–H groups in total. The van der Waals surface area contributed by atoms with E-state index in [2.05, 4.69) is 15.8 Å². The van der Waals surface area contributed by atoms with Crippen LogP contribution in [0.5, 0.6) is 0 Å². The van der Waals surface area contributed by atoms with Crippen molar-refractivity contribution in [3.8, 4) is 0 Å². The lowest BCUT2D eigenvalue weighted by atomic mass is 10.3. The van der Waals surface area contributed by atoms with Crippen LogP contribution in [0.15, 0.2) is 18.3 Å². The minimum absolute atomic E-state index is 0.549. The zero-order valence-electron chi connectivity index (χ0n) is 7.03. The summed E-state index contributed by atoms with van der Waals surface area (Å²) < 4.78 is 0. The van der Waals surface area contributed by atoms with Gasteiger partial charge >= 0.3 is 0 Å². The third-order valence-electron chi connectivity index (χ3n) is 1.82. The number of halogens is 1. The van der Waals surface area contributed by atoms with Crippen LogP contribution in [0.2, 0.25) is 5.15 Å². The van der Waals surface area contributed by atoms with Crippen molar-refractivity contribution in [3.63, 3.8) is 0 Å². The van der Waals surface area contributed by atoms with Crippen molar-refractivity contribution in [3.05, 3.63) is 34.9 Å². The van der Waals surface area contributed by atoms with Crippen molar-refractivity contribution >= 4 is 23.4 Å². The maximum Gasteiger partial charge on any atom is 0.129 e. The summed E-state index contributed by atoms with van der Waals surface area (Å²) in [4.78, 5) is 6.19. The van der Waals surface area contributed by atoms with Crippen LogP contribution >= 0.6 is 23.4 Å². The van der Waals surface area contributed by atoms with E-state index in [0.29, 0.717) is 5.15 Å². The van der Waals surface area contributed by atoms with Gasteiger partial charge in [-0.05, 0) is 11.6 Å². The second kappa shape index (κ2) is 4.31. The highest BCUT2D eigenvalue weighted by Gasteiger charge is 2.13. The quantitative estimate of drug-likeness (QED) is 0.700. The third kappa shape index (κ3) is 2.59. The Labute approximate surface area is 87.3 Å². The predicted molar refractivity (Wildman–Crippen MR) is 55.4 cm³/mol. The van der Waals surface area contributed by atoms with Crippen LogP contribution < -0.4 is 0 Å². The maximum atomic E-state index is 5.68. The Morgan fingerprint density at radius 3 is 3.15 bits per heavy atom. The molecule has 0 atom stereocenters. The fourth-order valence-electron chi connectivity index (χ4n) is 1.17. The first-order valence-electron chi connectivity index (χ1n) is 4.07. The van der Waals surface area contributed by atoms with Gasteiger partial charge in [-0.25, -0.2) is 4.98 Å². The molecule has 2 nitrogen and oxygen atoms in total. The van der Waals surface area contributed by atoms with Crippen LogP contribution in [0, 0.1) is 5.88 Å². The molecule has 68 valence electrons. The summed E-state index contributed by atoms with van der Waals surface area (Å²) in [6.45, 7) is 1.96. The van der Waals surface area contributed by atoms with Gasteiger partial charge in [-0.15, -0.1) is 11.8 Å². The second-order valence-electron chi connectivity index (χ2n) is 2.85. The average Bonchev–Trinajstić information content (AvgIpc) is 2.62. The molecule has 1 fully saturated rings. The van der Waals surface area contributed by atoms with Gasteiger partial charge in [-0.1, -0.05) is 17.7 Å². The molecule has 2 rings (SSSR count). The second-order valence-corrected chi connectivity index (χ2v) is 4.12. The summed E-state index contributed by atoms with van der Waals surface area (Å²) in [6.07, 6.45) is 1.81. The number of hydrogen-bond donors (Lipinski definition) is 0. The van der Waals surface area contributed by atoms with Crippen molar-refractivity contribution in [2.24, 2.45) is 0 Å². The van der Waals surface area contributed by atoms with Crippen LogP contribution in [0.1, 0.15) is 5.56 Å². The predicted octanol–water partition coefficient (Wildman–Crippen LogP) is 2.28. The van der Waals surface area contributed by atoms with Crippen LogP contribution in [0.25, 0.3) is 0 Å². The Morgan fingerprint density at radius 1 is 1.62 bits per heavy atom. The average molecular weight is 213 g/mol. The molecule has 1 aromatic heterocycles. The molecule has 0 unspecified atom stereocenters. The summed E-state index contributed by atoms with van der Waals surface area (Å²) >= 11 is 7.42. The lowest BCUT2D eigenvalue weighted by Crippen LogP contribution is -2.15. The number of nitrogens with zero attached hydrogens (tertiary/aromatic N) is 2. The van der Waals surface area contributed by atoms with Crippen LogP contribution in [-0.4, -0.2) is 22.2 Å². The molecule has 0 amide bonds. The zero-order valence-corrected chi connectivity index (χ0v) is 8.61. The highest BCUT2D eigenvalue weighted by Crippen LogP contribution is 2.20. The molecule has 1 aliphatic heterocycles. The fourth-order valence-corrected chi connectivity index (χ4v) is 2.02. The number of aromatic nitrogens is 1. The van der Waals surface area contributed by atoms with E-state index >= 15 is 0 Å². The molecule has 1 aromatic rings. The zero-order chi connectivity index (χ0) is 9.10. The van der Waals surface area contributed by atoms with E-state index in [1.807, 2.05) is 18.3 Å². The maximum absolute atomic E-state index is 5.68. The number of rotatable bonds is 2. The highest BCUT2D eigenvalue weighted by molar-refractivity contribution is 8.01. The van der Waals surface area contributed by atoms with Crippen molar-refractivity contribution < 1.29 is 0 Å². The molecule has 13 heavy (non-hydrogen) atoms.